The van der Waals surface area contributed by atoms with Gasteiger partial charge in [-0.15, -0.1) is 0 Å². The Morgan fingerprint density at radius 2 is 1.88 bits per heavy atom. The summed E-state index contributed by atoms with van der Waals surface area (Å²) in [5, 5.41) is 3.40. The Hall–Kier alpha value is -0.390. The third-order valence-corrected chi connectivity index (χ3v) is 3.73. The molecule has 0 aliphatic heterocycles. The molecule has 4 heteroatoms. The monoisotopic (exact) mass is 347 g/mol. The summed E-state index contributed by atoms with van der Waals surface area (Å²) in [4.78, 5) is 9.26. The summed E-state index contributed by atoms with van der Waals surface area (Å²) in [6.45, 7) is 7.49. The smallest absolute Gasteiger partial charge is 0.143 e. The van der Waals surface area contributed by atoms with Crippen LogP contribution in [0, 0.1) is 3.57 Å². The number of unbranched alkanes of at least 4 members (excludes halogenated alkanes) is 1. The zero-order chi connectivity index (χ0) is 12.7. The van der Waals surface area contributed by atoms with E-state index >= 15 is 0 Å². The fourth-order valence-corrected chi connectivity index (χ4v) is 2.40. The Morgan fingerprint density at radius 1 is 1.12 bits per heavy atom. The molecule has 0 aromatic carbocycles. The summed E-state index contributed by atoms with van der Waals surface area (Å²) in [6, 6.07) is 0. The quantitative estimate of drug-likeness (QED) is 0.763. The molecular weight excluding hydrogens is 325 g/mol. The summed E-state index contributed by atoms with van der Waals surface area (Å²) < 4.78 is 1.18. The molecule has 0 amide bonds. The van der Waals surface area contributed by atoms with Crippen LogP contribution in [-0.4, -0.2) is 16.5 Å². The van der Waals surface area contributed by atoms with E-state index in [0.717, 1.165) is 43.9 Å². The van der Waals surface area contributed by atoms with Crippen molar-refractivity contribution < 1.29 is 0 Å². The Labute approximate surface area is 118 Å². The molecule has 0 aliphatic carbocycles. The molecule has 1 aromatic rings. The zero-order valence-corrected chi connectivity index (χ0v) is 13.2. The lowest BCUT2D eigenvalue weighted by Gasteiger charge is -2.11. The van der Waals surface area contributed by atoms with Gasteiger partial charge >= 0.3 is 0 Å². The fraction of sp³-hybridized carbons (Fsp3) is 0.692. The highest BCUT2D eigenvalue weighted by Crippen LogP contribution is 2.20. The second kappa shape index (κ2) is 7.84. The minimum atomic E-state index is 0.973. The number of nitrogens with zero attached hydrogens (tertiary/aromatic N) is 2. The van der Waals surface area contributed by atoms with E-state index < -0.39 is 0 Å². The van der Waals surface area contributed by atoms with Gasteiger partial charge < -0.3 is 5.32 Å². The van der Waals surface area contributed by atoms with Gasteiger partial charge in [-0.1, -0.05) is 27.2 Å². The number of rotatable bonds is 7. The van der Waals surface area contributed by atoms with Gasteiger partial charge in [0.15, 0.2) is 0 Å². The standard InChI is InChI=1S/C13H22IN3/c1-4-7-8-11-16-10(6-3)12(14)13(17-11)15-9-5-2/h4-9H2,1-3H3,(H,15,16,17). The lowest BCUT2D eigenvalue weighted by atomic mass is 10.2. The average Bonchev–Trinajstić information content (AvgIpc) is 2.35. The van der Waals surface area contributed by atoms with Crippen LogP contribution in [0.15, 0.2) is 0 Å². The lowest BCUT2D eigenvalue weighted by Crippen LogP contribution is -2.10. The highest BCUT2D eigenvalue weighted by molar-refractivity contribution is 14.1. The van der Waals surface area contributed by atoms with Crippen molar-refractivity contribution in [3.05, 3.63) is 15.1 Å². The molecule has 0 unspecified atom stereocenters. The molecule has 0 saturated heterocycles. The molecule has 0 spiro atoms. The van der Waals surface area contributed by atoms with E-state index in [4.69, 9.17) is 0 Å². The molecule has 0 aliphatic rings. The van der Waals surface area contributed by atoms with Crippen molar-refractivity contribution in [1.29, 1.82) is 0 Å². The Balaban J connectivity index is 2.92. The van der Waals surface area contributed by atoms with Gasteiger partial charge in [0.1, 0.15) is 11.6 Å². The van der Waals surface area contributed by atoms with Crippen LogP contribution < -0.4 is 5.32 Å². The van der Waals surface area contributed by atoms with Crippen LogP contribution in [0.4, 0.5) is 5.82 Å². The summed E-state index contributed by atoms with van der Waals surface area (Å²) >= 11 is 2.35. The summed E-state index contributed by atoms with van der Waals surface area (Å²) in [7, 11) is 0. The van der Waals surface area contributed by atoms with Gasteiger partial charge in [0.05, 0.1) is 9.26 Å². The molecule has 96 valence electrons. The van der Waals surface area contributed by atoms with Gasteiger partial charge in [0, 0.05) is 13.0 Å². The normalized spacial score (nSPS) is 10.6. The van der Waals surface area contributed by atoms with Gasteiger partial charge in [-0.25, -0.2) is 9.97 Å². The number of hydrogen-bond acceptors (Lipinski definition) is 3. The van der Waals surface area contributed by atoms with Gasteiger partial charge in [-0.2, -0.15) is 0 Å². The number of nitrogens with one attached hydrogen (secondary N) is 1. The molecule has 3 nitrogen and oxygen atoms in total. The maximum absolute atomic E-state index is 4.64. The molecule has 1 heterocycles. The van der Waals surface area contributed by atoms with Crippen LogP contribution in [0.1, 0.15) is 51.6 Å². The summed E-state index contributed by atoms with van der Waals surface area (Å²) in [5.74, 6) is 2.01. The fourth-order valence-electron chi connectivity index (χ4n) is 1.59. The summed E-state index contributed by atoms with van der Waals surface area (Å²) in [5.41, 5.74) is 1.17. The van der Waals surface area contributed by atoms with Crippen molar-refractivity contribution in [3.63, 3.8) is 0 Å². The number of aryl methyl sites for hydroxylation is 2. The SMILES string of the molecule is CCCCc1nc(CC)c(I)c(NCCC)n1. The molecule has 1 aromatic heterocycles. The highest BCUT2D eigenvalue weighted by atomic mass is 127. The molecular formula is C13H22IN3. The third kappa shape index (κ3) is 4.41. The first kappa shape index (κ1) is 14.7. The van der Waals surface area contributed by atoms with Gasteiger partial charge in [-0.05, 0) is 41.9 Å². The number of halogens is 1. The van der Waals surface area contributed by atoms with E-state index in [1.807, 2.05) is 0 Å². The minimum absolute atomic E-state index is 0.973. The second-order valence-corrected chi connectivity index (χ2v) is 5.21. The average molecular weight is 347 g/mol. The molecule has 0 bridgehead atoms. The van der Waals surface area contributed by atoms with E-state index in [1.165, 1.54) is 15.7 Å². The van der Waals surface area contributed by atoms with Crippen LogP contribution in [0.5, 0.6) is 0 Å². The topological polar surface area (TPSA) is 37.8 Å². The third-order valence-electron chi connectivity index (χ3n) is 2.60. The number of anilines is 1. The van der Waals surface area contributed by atoms with Crippen molar-refractivity contribution in [2.75, 3.05) is 11.9 Å². The second-order valence-electron chi connectivity index (χ2n) is 4.13. The molecule has 0 radical (unpaired) electrons. The maximum Gasteiger partial charge on any atom is 0.143 e. The molecule has 1 N–H and O–H groups in total. The van der Waals surface area contributed by atoms with Gasteiger partial charge in [0.25, 0.3) is 0 Å². The first-order chi connectivity index (χ1) is 8.22. The van der Waals surface area contributed by atoms with E-state index in [0.29, 0.717) is 0 Å². The van der Waals surface area contributed by atoms with E-state index in [9.17, 15) is 0 Å². The van der Waals surface area contributed by atoms with E-state index in [2.05, 4.69) is 58.6 Å². The van der Waals surface area contributed by atoms with Gasteiger partial charge in [-0.3, -0.25) is 0 Å². The summed E-state index contributed by atoms with van der Waals surface area (Å²) in [6.07, 6.45) is 5.43. The van der Waals surface area contributed by atoms with Gasteiger partial charge in [0.2, 0.25) is 0 Å². The minimum Gasteiger partial charge on any atom is -0.369 e. The predicted molar refractivity (Wildman–Crippen MR) is 81.5 cm³/mol. The first-order valence-corrected chi connectivity index (χ1v) is 7.59. The number of aromatic nitrogens is 2. The van der Waals surface area contributed by atoms with Crippen LogP contribution in [0.3, 0.4) is 0 Å². The van der Waals surface area contributed by atoms with Crippen molar-refractivity contribution in [2.24, 2.45) is 0 Å². The van der Waals surface area contributed by atoms with Crippen molar-refractivity contribution >= 4 is 28.4 Å². The molecule has 0 saturated carbocycles. The van der Waals surface area contributed by atoms with E-state index in [-0.39, 0.29) is 0 Å². The maximum atomic E-state index is 4.64. The molecule has 17 heavy (non-hydrogen) atoms. The predicted octanol–water partition coefficient (Wildman–Crippen LogP) is 3.81. The Morgan fingerprint density at radius 3 is 2.47 bits per heavy atom. The van der Waals surface area contributed by atoms with Crippen molar-refractivity contribution in [1.82, 2.24) is 9.97 Å². The van der Waals surface area contributed by atoms with Crippen molar-refractivity contribution in [3.8, 4) is 0 Å². The van der Waals surface area contributed by atoms with Crippen LogP contribution in [0.2, 0.25) is 0 Å². The van der Waals surface area contributed by atoms with Crippen molar-refractivity contribution in [2.45, 2.75) is 52.9 Å². The molecule has 1 rings (SSSR count). The lowest BCUT2D eigenvalue weighted by molar-refractivity contribution is 0.742. The van der Waals surface area contributed by atoms with E-state index in [1.54, 1.807) is 0 Å². The first-order valence-electron chi connectivity index (χ1n) is 6.52. The zero-order valence-electron chi connectivity index (χ0n) is 11.0. The largest absolute Gasteiger partial charge is 0.369 e. The number of hydrogen-bond donors (Lipinski definition) is 1. The molecule has 0 fully saturated rings. The van der Waals surface area contributed by atoms with Crippen LogP contribution in [0.25, 0.3) is 0 Å². The van der Waals surface area contributed by atoms with Crippen LogP contribution >= 0.6 is 22.6 Å². The van der Waals surface area contributed by atoms with Crippen LogP contribution in [-0.2, 0) is 12.8 Å². The Bertz CT molecular complexity index is 353. The highest BCUT2D eigenvalue weighted by Gasteiger charge is 2.10. The Kier molecular flexibility index (Phi) is 6.77. The molecule has 0 atom stereocenters.